The van der Waals surface area contributed by atoms with Crippen molar-refractivity contribution in [2.24, 2.45) is 0 Å². The van der Waals surface area contributed by atoms with Gasteiger partial charge in [-0.15, -0.1) is 0 Å². The molecular weight excluding hydrogens is 250 g/mol. The molecule has 102 valence electrons. The van der Waals surface area contributed by atoms with E-state index in [0.717, 1.165) is 18.0 Å². The molecule has 3 nitrogen and oxygen atoms in total. The number of anilines is 1. The van der Waals surface area contributed by atoms with Crippen LogP contribution in [0.25, 0.3) is 0 Å². The summed E-state index contributed by atoms with van der Waals surface area (Å²) < 4.78 is 11.3. The van der Waals surface area contributed by atoms with Gasteiger partial charge in [0.2, 0.25) is 0 Å². The molecule has 0 fully saturated rings. The number of hydrogen-bond donors (Lipinski definition) is 1. The first-order valence-electron chi connectivity index (χ1n) is 7.01. The van der Waals surface area contributed by atoms with Crippen molar-refractivity contribution in [3.63, 3.8) is 0 Å². The van der Waals surface area contributed by atoms with Crippen molar-refractivity contribution in [2.75, 3.05) is 25.1 Å². The van der Waals surface area contributed by atoms with Gasteiger partial charge >= 0.3 is 0 Å². The Morgan fingerprint density at radius 3 is 2.70 bits per heavy atom. The zero-order valence-corrected chi connectivity index (χ0v) is 11.5. The molecule has 2 aromatic carbocycles. The SMILES string of the molecule is CC1(c2ccc3c(c2)OCCO3)CNc2ccccc21. The lowest BCUT2D eigenvalue weighted by molar-refractivity contribution is 0.171. The molecule has 0 saturated heterocycles. The third kappa shape index (κ3) is 1.59. The van der Waals surface area contributed by atoms with E-state index < -0.39 is 0 Å². The van der Waals surface area contributed by atoms with E-state index >= 15 is 0 Å². The third-order valence-electron chi connectivity index (χ3n) is 4.33. The molecule has 2 aliphatic rings. The Labute approximate surface area is 118 Å². The number of hydrogen-bond acceptors (Lipinski definition) is 3. The second kappa shape index (κ2) is 4.17. The van der Waals surface area contributed by atoms with Crippen LogP contribution in [0.4, 0.5) is 5.69 Å². The summed E-state index contributed by atoms with van der Waals surface area (Å²) in [6.07, 6.45) is 0. The van der Waals surface area contributed by atoms with Crippen LogP contribution >= 0.6 is 0 Å². The van der Waals surface area contributed by atoms with Crippen LogP contribution < -0.4 is 14.8 Å². The van der Waals surface area contributed by atoms with Gasteiger partial charge in [0.1, 0.15) is 13.2 Å². The molecule has 0 aromatic heterocycles. The molecule has 4 rings (SSSR count). The van der Waals surface area contributed by atoms with E-state index in [0.29, 0.717) is 13.2 Å². The maximum Gasteiger partial charge on any atom is 0.161 e. The van der Waals surface area contributed by atoms with E-state index in [9.17, 15) is 0 Å². The van der Waals surface area contributed by atoms with Crippen molar-refractivity contribution in [3.05, 3.63) is 53.6 Å². The highest BCUT2D eigenvalue weighted by Gasteiger charge is 2.36. The summed E-state index contributed by atoms with van der Waals surface area (Å²) >= 11 is 0. The fraction of sp³-hybridized carbons (Fsp3) is 0.294. The van der Waals surface area contributed by atoms with Gasteiger partial charge in [0, 0.05) is 17.6 Å². The molecule has 1 atom stereocenters. The largest absolute Gasteiger partial charge is 0.486 e. The zero-order valence-electron chi connectivity index (χ0n) is 11.5. The summed E-state index contributed by atoms with van der Waals surface area (Å²) in [5, 5.41) is 3.50. The molecule has 20 heavy (non-hydrogen) atoms. The smallest absolute Gasteiger partial charge is 0.161 e. The van der Waals surface area contributed by atoms with Gasteiger partial charge in [0.25, 0.3) is 0 Å². The lowest BCUT2D eigenvalue weighted by Crippen LogP contribution is -2.26. The van der Waals surface area contributed by atoms with Crippen molar-refractivity contribution < 1.29 is 9.47 Å². The molecule has 1 unspecified atom stereocenters. The number of para-hydroxylation sites is 1. The Balaban J connectivity index is 1.81. The van der Waals surface area contributed by atoms with E-state index in [1.165, 1.54) is 16.8 Å². The summed E-state index contributed by atoms with van der Waals surface area (Å²) in [5.41, 5.74) is 3.81. The Bertz CT molecular complexity index is 668. The maximum atomic E-state index is 5.71. The monoisotopic (exact) mass is 267 g/mol. The number of benzene rings is 2. The van der Waals surface area contributed by atoms with Crippen LogP contribution in [0.3, 0.4) is 0 Å². The van der Waals surface area contributed by atoms with Crippen LogP contribution in [-0.2, 0) is 5.41 Å². The number of ether oxygens (including phenoxy) is 2. The number of rotatable bonds is 1. The Kier molecular flexibility index (Phi) is 2.43. The second-order valence-corrected chi connectivity index (χ2v) is 5.59. The minimum Gasteiger partial charge on any atom is -0.486 e. The van der Waals surface area contributed by atoms with E-state index in [-0.39, 0.29) is 5.41 Å². The van der Waals surface area contributed by atoms with Gasteiger partial charge in [0.05, 0.1) is 0 Å². The summed E-state index contributed by atoms with van der Waals surface area (Å²) in [6.45, 7) is 4.44. The molecular formula is C17H17NO2. The summed E-state index contributed by atoms with van der Waals surface area (Å²) in [4.78, 5) is 0. The fourth-order valence-electron chi connectivity index (χ4n) is 3.13. The van der Waals surface area contributed by atoms with Crippen LogP contribution in [0.5, 0.6) is 11.5 Å². The van der Waals surface area contributed by atoms with Gasteiger partial charge in [-0.2, -0.15) is 0 Å². The predicted molar refractivity (Wildman–Crippen MR) is 78.8 cm³/mol. The molecule has 3 heteroatoms. The summed E-state index contributed by atoms with van der Waals surface area (Å²) in [6, 6.07) is 14.8. The van der Waals surface area contributed by atoms with Gasteiger partial charge in [0.15, 0.2) is 11.5 Å². The van der Waals surface area contributed by atoms with Gasteiger partial charge in [-0.05, 0) is 36.2 Å². The van der Waals surface area contributed by atoms with Crippen LogP contribution in [0.15, 0.2) is 42.5 Å². The minimum absolute atomic E-state index is 0.0214. The molecule has 1 N–H and O–H groups in total. The van der Waals surface area contributed by atoms with E-state index in [1.54, 1.807) is 0 Å². The molecule has 0 amide bonds. The van der Waals surface area contributed by atoms with Crippen molar-refractivity contribution in [2.45, 2.75) is 12.3 Å². The number of fused-ring (bicyclic) bond motifs is 2. The maximum absolute atomic E-state index is 5.71. The van der Waals surface area contributed by atoms with Gasteiger partial charge in [-0.25, -0.2) is 0 Å². The third-order valence-corrected chi connectivity index (χ3v) is 4.33. The summed E-state index contributed by atoms with van der Waals surface area (Å²) in [5.74, 6) is 1.71. The molecule has 0 radical (unpaired) electrons. The minimum atomic E-state index is -0.0214. The second-order valence-electron chi connectivity index (χ2n) is 5.59. The molecule has 2 heterocycles. The molecule has 0 saturated carbocycles. The molecule has 0 spiro atoms. The average molecular weight is 267 g/mol. The lowest BCUT2D eigenvalue weighted by atomic mass is 9.78. The van der Waals surface area contributed by atoms with Gasteiger partial charge in [-0.3, -0.25) is 0 Å². The van der Waals surface area contributed by atoms with Crippen LogP contribution in [0.2, 0.25) is 0 Å². The summed E-state index contributed by atoms with van der Waals surface area (Å²) in [7, 11) is 0. The van der Waals surface area contributed by atoms with Crippen LogP contribution in [0.1, 0.15) is 18.1 Å². The van der Waals surface area contributed by atoms with Crippen molar-refractivity contribution >= 4 is 5.69 Å². The zero-order chi connectivity index (χ0) is 13.6. The van der Waals surface area contributed by atoms with E-state index in [1.807, 2.05) is 6.07 Å². The van der Waals surface area contributed by atoms with E-state index in [2.05, 4.69) is 48.6 Å². The quantitative estimate of drug-likeness (QED) is 0.860. The molecule has 0 bridgehead atoms. The van der Waals surface area contributed by atoms with Crippen LogP contribution in [-0.4, -0.2) is 19.8 Å². The first-order valence-corrected chi connectivity index (χ1v) is 7.01. The Morgan fingerprint density at radius 2 is 1.80 bits per heavy atom. The normalized spacial score (nSPS) is 23.1. The topological polar surface area (TPSA) is 30.5 Å². The first-order chi connectivity index (χ1) is 9.77. The van der Waals surface area contributed by atoms with Gasteiger partial charge in [-0.1, -0.05) is 24.3 Å². The predicted octanol–water partition coefficient (Wildman–Crippen LogP) is 3.19. The highest BCUT2D eigenvalue weighted by molar-refractivity contribution is 5.64. The highest BCUT2D eigenvalue weighted by atomic mass is 16.6. The molecule has 0 aliphatic carbocycles. The molecule has 2 aliphatic heterocycles. The standard InChI is InChI=1S/C17H17NO2/c1-17(11-18-14-5-3-2-4-13(14)17)12-6-7-15-16(10-12)20-9-8-19-15/h2-7,10,18H,8-9,11H2,1H3. The Morgan fingerprint density at radius 1 is 1.00 bits per heavy atom. The Hall–Kier alpha value is -2.16. The van der Waals surface area contributed by atoms with Crippen molar-refractivity contribution in [1.82, 2.24) is 0 Å². The average Bonchev–Trinajstić information content (AvgIpc) is 2.86. The first kappa shape index (κ1) is 11.6. The fourth-order valence-corrected chi connectivity index (χ4v) is 3.13. The van der Waals surface area contributed by atoms with Gasteiger partial charge < -0.3 is 14.8 Å². The lowest BCUT2D eigenvalue weighted by Gasteiger charge is -2.27. The van der Waals surface area contributed by atoms with Crippen LogP contribution in [0, 0.1) is 0 Å². The van der Waals surface area contributed by atoms with E-state index in [4.69, 9.17) is 9.47 Å². The molecule has 2 aromatic rings. The number of nitrogens with one attached hydrogen (secondary N) is 1. The van der Waals surface area contributed by atoms with Crippen molar-refractivity contribution in [3.8, 4) is 11.5 Å². The highest BCUT2D eigenvalue weighted by Crippen LogP contribution is 2.44. The van der Waals surface area contributed by atoms with Crippen molar-refractivity contribution in [1.29, 1.82) is 0 Å².